The van der Waals surface area contributed by atoms with Crippen LogP contribution in [0.25, 0.3) is 0 Å². The van der Waals surface area contributed by atoms with E-state index < -0.39 is 0 Å². The maximum atomic E-state index is 10.5. The number of ether oxygens (including phenoxy) is 1. The Labute approximate surface area is 98.6 Å². The summed E-state index contributed by atoms with van der Waals surface area (Å²) >= 11 is 0. The highest BCUT2D eigenvalue weighted by Gasteiger charge is 2.15. The van der Waals surface area contributed by atoms with Crippen molar-refractivity contribution in [2.45, 2.75) is 12.5 Å². The van der Waals surface area contributed by atoms with Gasteiger partial charge in [0.1, 0.15) is 11.9 Å². The molecule has 0 aliphatic rings. The van der Waals surface area contributed by atoms with E-state index >= 15 is 0 Å². The molecular formula is C12H13N3O2. The van der Waals surface area contributed by atoms with E-state index in [-0.39, 0.29) is 6.10 Å². The standard InChI is InChI=1S/C12H13N3O2/c13-12-10(7-14-15-12)6-11(17-8-16)9-4-2-1-3-5-9/h1-5,7-8,11H,6H2,(H3,13,14,15). The lowest BCUT2D eigenvalue weighted by molar-refractivity contribution is -0.133. The van der Waals surface area contributed by atoms with Crippen LogP contribution < -0.4 is 5.73 Å². The van der Waals surface area contributed by atoms with E-state index in [0.717, 1.165) is 11.1 Å². The van der Waals surface area contributed by atoms with Crippen LogP contribution in [0.5, 0.6) is 0 Å². The van der Waals surface area contributed by atoms with E-state index in [1.165, 1.54) is 0 Å². The molecule has 0 spiro atoms. The molecular weight excluding hydrogens is 218 g/mol. The lowest BCUT2D eigenvalue weighted by atomic mass is 10.0. The van der Waals surface area contributed by atoms with E-state index in [1.54, 1.807) is 6.20 Å². The average Bonchev–Trinajstić information content (AvgIpc) is 2.76. The van der Waals surface area contributed by atoms with Crippen LogP contribution in [0.3, 0.4) is 0 Å². The Morgan fingerprint density at radius 2 is 2.18 bits per heavy atom. The van der Waals surface area contributed by atoms with Crippen molar-refractivity contribution in [2.24, 2.45) is 0 Å². The SMILES string of the molecule is Nc1[nH]ncc1CC(OC=O)c1ccccc1. The highest BCUT2D eigenvalue weighted by Crippen LogP contribution is 2.23. The molecule has 0 aliphatic carbocycles. The number of aromatic nitrogens is 2. The number of nitrogens with one attached hydrogen (secondary N) is 1. The van der Waals surface area contributed by atoms with Crippen molar-refractivity contribution >= 4 is 12.3 Å². The third kappa shape index (κ3) is 2.63. The first-order valence-electron chi connectivity index (χ1n) is 5.23. The zero-order valence-corrected chi connectivity index (χ0v) is 9.17. The third-order valence-corrected chi connectivity index (χ3v) is 2.55. The van der Waals surface area contributed by atoms with Gasteiger partial charge in [0.2, 0.25) is 0 Å². The minimum absolute atomic E-state index is 0.339. The topological polar surface area (TPSA) is 81.0 Å². The number of carbonyl (C=O) groups is 1. The number of aromatic amines is 1. The predicted molar refractivity (Wildman–Crippen MR) is 63.0 cm³/mol. The molecule has 2 rings (SSSR count). The van der Waals surface area contributed by atoms with Gasteiger partial charge in [0.25, 0.3) is 6.47 Å². The number of nitrogens with two attached hydrogens (primary N) is 1. The summed E-state index contributed by atoms with van der Waals surface area (Å²) in [5.41, 5.74) is 7.47. The molecule has 17 heavy (non-hydrogen) atoms. The first-order valence-corrected chi connectivity index (χ1v) is 5.23. The van der Waals surface area contributed by atoms with Gasteiger partial charge >= 0.3 is 0 Å². The molecule has 0 fully saturated rings. The summed E-state index contributed by atoms with van der Waals surface area (Å²) in [4.78, 5) is 10.5. The van der Waals surface area contributed by atoms with Gasteiger partial charge < -0.3 is 10.5 Å². The molecule has 0 aliphatic heterocycles. The van der Waals surface area contributed by atoms with Crippen molar-refractivity contribution in [3.8, 4) is 0 Å². The Morgan fingerprint density at radius 1 is 1.41 bits per heavy atom. The van der Waals surface area contributed by atoms with Gasteiger partial charge in [-0.25, -0.2) is 0 Å². The maximum Gasteiger partial charge on any atom is 0.293 e. The summed E-state index contributed by atoms with van der Waals surface area (Å²) in [6.45, 7) is 0.452. The third-order valence-electron chi connectivity index (χ3n) is 2.55. The van der Waals surface area contributed by atoms with Crippen molar-refractivity contribution in [2.75, 3.05) is 5.73 Å². The molecule has 0 saturated heterocycles. The number of benzene rings is 1. The van der Waals surface area contributed by atoms with E-state index in [2.05, 4.69) is 10.2 Å². The number of nitrogens with zero attached hydrogens (tertiary/aromatic N) is 1. The normalized spacial score (nSPS) is 12.0. The van der Waals surface area contributed by atoms with Gasteiger partial charge in [-0.3, -0.25) is 9.89 Å². The Balaban J connectivity index is 2.19. The predicted octanol–water partition coefficient (Wildman–Crippen LogP) is 1.45. The van der Waals surface area contributed by atoms with Crippen LogP contribution in [0.1, 0.15) is 17.2 Å². The first kappa shape index (κ1) is 11.2. The number of nitrogen functional groups attached to an aromatic ring is 1. The molecule has 0 saturated carbocycles. The molecule has 0 amide bonds. The highest BCUT2D eigenvalue weighted by molar-refractivity contribution is 5.41. The van der Waals surface area contributed by atoms with E-state index in [4.69, 9.17) is 10.5 Å². The van der Waals surface area contributed by atoms with E-state index in [1.807, 2.05) is 30.3 Å². The second kappa shape index (κ2) is 5.16. The van der Waals surface area contributed by atoms with Gasteiger partial charge in [-0.1, -0.05) is 30.3 Å². The minimum atomic E-state index is -0.339. The summed E-state index contributed by atoms with van der Waals surface area (Å²) in [5, 5.41) is 6.49. The van der Waals surface area contributed by atoms with Gasteiger partial charge in [0.05, 0.1) is 6.20 Å². The number of carbonyl (C=O) groups excluding carboxylic acids is 1. The molecule has 1 atom stereocenters. The number of rotatable bonds is 5. The highest BCUT2D eigenvalue weighted by atomic mass is 16.5. The molecule has 88 valence electrons. The van der Waals surface area contributed by atoms with Crippen LogP contribution >= 0.6 is 0 Å². The summed E-state index contributed by atoms with van der Waals surface area (Å²) in [6.07, 6.45) is 1.80. The van der Waals surface area contributed by atoms with Crippen LogP contribution in [0.15, 0.2) is 36.5 Å². The van der Waals surface area contributed by atoms with Crippen LogP contribution in [0.4, 0.5) is 5.82 Å². The van der Waals surface area contributed by atoms with E-state index in [0.29, 0.717) is 18.7 Å². The molecule has 0 bridgehead atoms. The summed E-state index contributed by atoms with van der Waals surface area (Å²) in [7, 11) is 0. The largest absolute Gasteiger partial charge is 0.459 e. The molecule has 2 aromatic rings. The van der Waals surface area contributed by atoms with Gasteiger partial charge in [-0.15, -0.1) is 0 Å². The Hall–Kier alpha value is -2.30. The fourth-order valence-corrected chi connectivity index (χ4v) is 1.66. The molecule has 1 aromatic heterocycles. The van der Waals surface area contributed by atoms with Crippen molar-refractivity contribution < 1.29 is 9.53 Å². The number of anilines is 1. The fourth-order valence-electron chi connectivity index (χ4n) is 1.66. The number of H-pyrrole nitrogens is 1. The van der Waals surface area contributed by atoms with Crippen molar-refractivity contribution in [3.05, 3.63) is 47.7 Å². The summed E-state index contributed by atoms with van der Waals surface area (Å²) in [5.74, 6) is 0.500. The smallest absolute Gasteiger partial charge is 0.293 e. The van der Waals surface area contributed by atoms with Crippen molar-refractivity contribution in [1.29, 1.82) is 0 Å². The van der Waals surface area contributed by atoms with Gasteiger partial charge in [0.15, 0.2) is 0 Å². The monoisotopic (exact) mass is 231 g/mol. The van der Waals surface area contributed by atoms with Crippen LogP contribution in [-0.4, -0.2) is 16.7 Å². The second-order valence-corrected chi connectivity index (χ2v) is 3.64. The minimum Gasteiger partial charge on any atom is -0.459 e. The Bertz CT molecular complexity index is 482. The van der Waals surface area contributed by atoms with Gasteiger partial charge in [-0.2, -0.15) is 5.10 Å². The summed E-state index contributed by atoms with van der Waals surface area (Å²) < 4.78 is 5.08. The van der Waals surface area contributed by atoms with Crippen LogP contribution in [0.2, 0.25) is 0 Å². The fraction of sp³-hybridized carbons (Fsp3) is 0.167. The zero-order chi connectivity index (χ0) is 12.1. The molecule has 5 heteroatoms. The van der Waals surface area contributed by atoms with Gasteiger partial charge in [0, 0.05) is 12.0 Å². The van der Waals surface area contributed by atoms with Crippen LogP contribution in [-0.2, 0) is 16.0 Å². The first-order chi connectivity index (χ1) is 8.31. The Kier molecular flexibility index (Phi) is 3.40. The molecule has 1 heterocycles. The molecule has 1 unspecified atom stereocenters. The molecule has 1 aromatic carbocycles. The molecule has 5 nitrogen and oxygen atoms in total. The molecule has 0 radical (unpaired) electrons. The van der Waals surface area contributed by atoms with E-state index in [9.17, 15) is 4.79 Å². The quantitative estimate of drug-likeness (QED) is 0.763. The summed E-state index contributed by atoms with van der Waals surface area (Å²) in [6, 6.07) is 9.52. The average molecular weight is 231 g/mol. The van der Waals surface area contributed by atoms with Crippen molar-refractivity contribution in [3.63, 3.8) is 0 Å². The lowest BCUT2D eigenvalue weighted by Crippen LogP contribution is -2.07. The molecule has 3 N–H and O–H groups in total. The zero-order valence-electron chi connectivity index (χ0n) is 9.17. The number of hydrogen-bond acceptors (Lipinski definition) is 4. The van der Waals surface area contributed by atoms with Gasteiger partial charge in [-0.05, 0) is 5.56 Å². The van der Waals surface area contributed by atoms with Crippen molar-refractivity contribution in [1.82, 2.24) is 10.2 Å². The Morgan fingerprint density at radius 3 is 2.76 bits per heavy atom. The maximum absolute atomic E-state index is 10.5. The van der Waals surface area contributed by atoms with Crippen LogP contribution in [0, 0.1) is 0 Å². The second-order valence-electron chi connectivity index (χ2n) is 3.64. The lowest BCUT2D eigenvalue weighted by Gasteiger charge is -2.14. The number of hydrogen-bond donors (Lipinski definition) is 2.